The number of nitrogens with zero attached hydrogens (tertiary/aromatic N) is 2. The van der Waals surface area contributed by atoms with E-state index in [9.17, 15) is 5.11 Å². The summed E-state index contributed by atoms with van der Waals surface area (Å²) in [6, 6.07) is 17.4. The van der Waals surface area contributed by atoms with E-state index in [0.29, 0.717) is 30.6 Å². The van der Waals surface area contributed by atoms with Crippen molar-refractivity contribution in [3.8, 4) is 17.2 Å². The highest BCUT2D eigenvalue weighted by molar-refractivity contribution is 5.60. The molecular formula is C34H43FN2O3. The van der Waals surface area contributed by atoms with E-state index in [1.807, 2.05) is 18.2 Å². The van der Waals surface area contributed by atoms with Crippen molar-refractivity contribution in [2.75, 3.05) is 44.8 Å². The number of phenolic OH excluding ortho intramolecular Hbond substituents is 1. The molecule has 3 aromatic carbocycles. The average molecular weight is 547 g/mol. The van der Waals surface area contributed by atoms with Crippen LogP contribution in [0, 0.1) is 11.7 Å². The standard InChI is InChI=1S/C34H43FN2O3/c1-4-37(23-25-5-12-34(32(35)19-25)40-18-17-36-15-13-24(2)14-16-36)33-22-30(39-3)10-11-31(33)28-7-6-27-21-29(38)9-8-26(27)20-28/h5,8-12,19,21-22,24,28,38H,4,6-7,13-18,20,23H2,1-3H3/t28-/m1/s1. The number of halogens is 1. The Labute approximate surface area is 238 Å². The van der Waals surface area contributed by atoms with Crippen LogP contribution in [0.1, 0.15) is 61.3 Å². The highest BCUT2D eigenvalue weighted by Gasteiger charge is 2.25. The molecule has 6 heteroatoms. The molecule has 2 aliphatic rings. The number of rotatable bonds is 10. The van der Waals surface area contributed by atoms with Gasteiger partial charge in [0.1, 0.15) is 18.1 Å². The molecule has 5 rings (SSSR count). The molecule has 0 saturated carbocycles. The van der Waals surface area contributed by atoms with Crippen LogP contribution < -0.4 is 14.4 Å². The van der Waals surface area contributed by atoms with Gasteiger partial charge in [-0.05, 0) is 117 Å². The van der Waals surface area contributed by atoms with Crippen LogP contribution in [0.15, 0.2) is 54.6 Å². The molecule has 1 aliphatic carbocycles. The summed E-state index contributed by atoms with van der Waals surface area (Å²) >= 11 is 0. The summed E-state index contributed by atoms with van der Waals surface area (Å²) in [4.78, 5) is 4.71. The smallest absolute Gasteiger partial charge is 0.165 e. The number of anilines is 1. The van der Waals surface area contributed by atoms with Gasteiger partial charge in [0, 0.05) is 31.4 Å². The van der Waals surface area contributed by atoms with E-state index in [0.717, 1.165) is 68.4 Å². The van der Waals surface area contributed by atoms with Crippen molar-refractivity contribution in [1.29, 1.82) is 0 Å². The van der Waals surface area contributed by atoms with E-state index in [-0.39, 0.29) is 5.82 Å². The summed E-state index contributed by atoms with van der Waals surface area (Å²) in [5.41, 5.74) is 5.86. The lowest BCUT2D eigenvalue weighted by molar-refractivity contribution is 0.158. The van der Waals surface area contributed by atoms with Gasteiger partial charge >= 0.3 is 0 Å². The van der Waals surface area contributed by atoms with Crippen LogP contribution in [0.3, 0.4) is 0 Å². The Balaban J connectivity index is 1.28. The van der Waals surface area contributed by atoms with Gasteiger partial charge in [0.05, 0.1) is 7.11 Å². The molecule has 0 radical (unpaired) electrons. The van der Waals surface area contributed by atoms with E-state index in [2.05, 4.69) is 41.8 Å². The molecule has 0 bridgehead atoms. The van der Waals surface area contributed by atoms with Crippen molar-refractivity contribution in [2.45, 2.75) is 58.4 Å². The molecule has 1 fully saturated rings. The van der Waals surface area contributed by atoms with Crippen LogP contribution in [0.25, 0.3) is 0 Å². The van der Waals surface area contributed by atoms with Gasteiger partial charge < -0.3 is 19.5 Å². The number of methoxy groups -OCH3 is 1. The summed E-state index contributed by atoms with van der Waals surface area (Å²) in [5, 5.41) is 9.90. The Bertz CT molecular complexity index is 1290. The van der Waals surface area contributed by atoms with E-state index >= 15 is 4.39 Å². The minimum atomic E-state index is -0.307. The van der Waals surface area contributed by atoms with Crippen LogP contribution in [-0.4, -0.2) is 49.9 Å². The molecule has 1 heterocycles. The van der Waals surface area contributed by atoms with Crippen molar-refractivity contribution in [3.05, 3.63) is 82.7 Å². The van der Waals surface area contributed by atoms with Crippen LogP contribution >= 0.6 is 0 Å². The van der Waals surface area contributed by atoms with Gasteiger partial charge in [-0.1, -0.05) is 25.1 Å². The number of likely N-dealkylation sites (tertiary alicyclic amines) is 1. The first-order valence-corrected chi connectivity index (χ1v) is 14.8. The molecule has 0 unspecified atom stereocenters. The van der Waals surface area contributed by atoms with Crippen LogP contribution in [0.5, 0.6) is 17.2 Å². The molecule has 214 valence electrons. The first-order valence-electron chi connectivity index (χ1n) is 14.8. The molecule has 40 heavy (non-hydrogen) atoms. The lowest BCUT2D eigenvalue weighted by Gasteiger charge is -2.32. The Morgan fingerprint density at radius 2 is 1.82 bits per heavy atom. The predicted molar refractivity (Wildman–Crippen MR) is 159 cm³/mol. The normalized spacial score (nSPS) is 17.9. The molecule has 5 nitrogen and oxygen atoms in total. The summed E-state index contributed by atoms with van der Waals surface area (Å²) in [6.45, 7) is 9.36. The van der Waals surface area contributed by atoms with Gasteiger partial charge in [0.25, 0.3) is 0 Å². The number of fused-ring (bicyclic) bond motifs is 1. The number of aromatic hydroxyl groups is 1. The third-order valence-corrected chi connectivity index (χ3v) is 8.73. The van der Waals surface area contributed by atoms with Crippen LogP contribution in [0.2, 0.25) is 0 Å². The first kappa shape index (κ1) is 28.3. The number of phenols is 1. The zero-order valence-corrected chi connectivity index (χ0v) is 24.2. The predicted octanol–water partition coefficient (Wildman–Crippen LogP) is 6.95. The topological polar surface area (TPSA) is 45.2 Å². The Hall–Kier alpha value is -3.25. The molecule has 1 atom stereocenters. The quantitative estimate of drug-likeness (QED) is 0.298. The minimum absolute atomic E-state index is 0.307. The lowest BCUT2D eigenvalue weighted by atomic mass is 9.79. The number of hydrogen-bond donors (Lipinski definition) is 1. The second-order valence-corrected chi connectivity index (χ2v) is 11.5. The number of aryl methyl sites for hydroxylation is 1. The van der Waals surface area contributed by atoms with Crippen LogP contribution in [-0.2, 0) is 19.4 Å². The lowest BCUT2D eigenvalue weighted by Crippen LogP contribution is -2.35. The highest BCUT2D eigenvalue weighted by Crippen LogP contribution is 2.40. The van der Waals surface area contributed by atoms with Crippen molar-refractivity contribution < 1.29 is 19.0 Å². The number of benzene rings is 3. The van der Waals surface area contributed by atoms with Gasteiger partial charge in [-0.2, -0.15) is 0 Å². The monoisotopic (exact) mass is 546 g/mol. The van der Waals surface area contributed by atoms with E-state index in [1.165, 1.54) is 29.5 Å². The second kappa shape index (κ2) is 12.9. The minimum Gasteiger partial charge on any atom is -0.508 e. The second-order valence-electron chi connectivity index (χ2n) is 11.5. The van der Waals surface area contributed by atoms with Gasteiger partial charge in [-0.15, -0.1) is 0 Å². The maximum absolute atomic E-state index is 15.1. The molecule has 0 spiro atoms. The maximum atomic E-state index is 15.1. The summed E-state index contributed by atoms with van der Waals surface area (Å²) in [7, 11) is 1.69. The van der Waals surface area contributed by atoms with Gasteiger partial charge in [-0.25, -0.2) is 4.39 Å². The van der Waals surface area contributed by atoms with Crippen molar-refractivity contribution >= 4 is 5.69 Å². The summed E-state index contributed by atoms with van der Waals surface area (Å²) in [6.07, 6.45) is 5.35. The fourth-order valence-corrected chi connectivity index (χ4v) is 6.19. The number of hydrogen-bond acceptors (Lipinski definition) is 5. The molecule has 3 aromatic rings. The highest BCUT2D eigenvalue weighted by atomic mass is 19.1. The zero-order valence-electron chi connectivity index (χ0n) is 24.2. The summed E-state index contributed by atoms with van der Waals surface area (Å²) < 4.78 is 26.5. The zero-order chi connectivity index (χ0) is 28.1. The van der Waals surface area contributed by atoms with Gasteiger partial charge in [0.2, 0.25) is 0 Å². The number of ether oxygens (including phenoxy) is 2. The van der Waals surface area contributed by atoms with E-state index in [1.54, 1.807) is 25.3 Å². The fourth-order valence-electron chi connectivity index (χ4n) is 6.19. The summed E-state index contributed by atoms with van der Waals surface area (Å²) in [5.74, 6) is 2.33. The molecule has 1 aliphatic heterocycles. The number of piperidine rings is 1. The molecule has 1 saturated heterocycles. The molecule has 0 amide bonds. The Morgan fingerprint density at radius 1 is 1.00 bits per heavy atom. The van der Waals surface area contributed by atoms with E-state index in [4.69, 9.17) is 9.47 Å². The van der Waals surface area contributed by atoms with Gasteiger partial charge in [0.15, 0.2) is 11.6 Å². The SMILES string of the molecule is CCN(Cc1ccc(OCCN2CCC(C)CC2)c(F)c1)c1cc(OC)ccc1[C@@H]1CCc2cc(O)ccc2C1. The fraction of sp³-hybridized carbons (Fsp3) is 0.471. The Morgan fingerprint density at radius 3 is 2.58 bits per heavy atom. The van der Waals surface area contributed by atoms with Gasteiger partial charge in [-0.3, -0.25) is 4.90 Å². The third-order valence-electron chi connectivity index (χ3n) is 8.73. The average Bonchev–Trinajstić information content (AvgIpc) is 2.97. The third kappa shape index (κ3) is 6.72. The molecule has 1 N–H and O–H groups in total. The Kier molecular flexibility index (Phi) is 9.15. The van der Waals surface area contributed by atoms with Crippen molar-refractivity contribution in [2.24, 2.45) is 5.92 Å². The largest absolute Gasteiger partial charge is 0.508 e. The first-order chi connectivity index (χ1) is 19.4. The van der Waals surface area contributed by atoms with Crippen LogP contribution in [0.4, 0.5) is 10.1 Å². The maximum Gasteiger partial charge on any atom is 0.165 e. The van der Waals surface area contributed by atoms with Crippen molar-refractivity contribution in [3.63, 3.8) is 0 Å². The van der Waals surface area contributed by atoms with Crippen molar-refractivity contribution in [1.82, 2.24) is 4.90 Å². The molecular weight excluding hydrogens is 503 g/mol. The van der Waals surface area contributed by atoms with E-state index < -0.39 is 0 Å². The molecule has 0 aromatic heterocycles.